The maximum atomic E-state index is 13.8. The first kappa shape index (κ1) is 41.2. The molecule has 268 valence electrons. The Kier molecular flexibility index (Phi) is 18.8. The Morgan fingerprint density at radius 2 is 1.65 bits per heavy atom. The fourth-order valence-electron chi connectivity index (χ4n) is 6.29. The van der Waals surface area contributed by atoms with E-state index in [0.717, 1.165) is 50.8 Å². The van der Waals surface area contributed by atoms with Gasteiger partial charge >= 0.3 is 0 Å². The van der Waals surface area contributed by atoms with Gasteiger partial charge in [0, 0.05) is 33.0 Å². The fraction of sp³-hybridized carbons (Fsp3) is 0.676. The molecule has 2 rings (SSSR count). The second-order valence-corrected chi connectivity index (χ2v) is 15.1. The molecule has 10 nitrogen and oxygen atoms in total. The molecule has 0 heterocycles. The van der Waals surface area contributed by atoms with Crippen molar-refractivity contribution in [3.8, 4) is 24.7 Å². The third-order valence-corrected chi connectivity index (χ3v) is 11.4. The number of hydrogen-bond donors (Lipinski definition) is 4. The number of hydrogen-bond acceptors (Lipinski definition) is 7. The molecule has 0 aromatic heterocycles. The van der Waals surface area contributed by atoms with Gasteiger partial charge in [0.25, 0.3) is 0 Å². The molecule has 5 atom stereocenters. The molecule has 1 aromatic carbocycles. The molecule has 1 aliphatic rings. The van der Waals surface area contributed by atoms with E-state index in [1.807, 2.05) is 44.2 Å². The van der Waals surface area contributed by atoms with E-state index in [1.165, 1.54) is 11.4 Å². The Hall–Kier alpha value is -2.93. The Morgan fingerprint density at radius 3 is 2.25 bits per heavy atom. The predicted octanol–water partition coefficient (Wildman–Crippen LogP) is 2.94. The van der Waals surface area contributed by atoms with E-state index in [0.29, 0.717) is 25.8 Å². The molecule has 1 saturated carbocycles. The molecule has 11 heteroatoms. The average molecular weight is 687 g/mol. The number of terminal acetylenes is 2. The Morgan fingerprint density at radius 1 is 0.979 bits per heavy atom. The van der Waals surface area contributed by atoms with Crippen LogP contribution in [0.25, 0.3) is 0 Å². The minimum atomic E-state index is -3.84. The summed E-state index contributed by atoms with van der Waals surface area (Å²) >= 11 is 0. The van der Waals surface area contributed by atoms with Crippen molar-refractivity contribution in [3.63, 3.8) is 0 Å². The van der Waals surface area contributed by atoms with Gasteiger partial charge in [-0.1, -0.05) is 76.3 Å². The summed E-state index contributed by atoms with van der Waals surface area (Å²) in [7, 11) is -2.32. The molecular formula is C37H58N4O6S. The van der Waals surface area contributed by atoms with E-state index >= 15 is 0 Å². The van der Waals surface area contributed by atoms with Crippen LogP contribution in [-0.4, -0.2) is 103 Å². The molecule has 2 amide bonds. The maximum absolute atomic E-state index is 13.8. The van der Waals surface area contributed by atoms with Gasteiger partial charge in [-0.05, 0) is 50.3 Å². The molecule has 0 bridgehead atoms. The van der Waals surface area contributed by atoms with Crippen LogP contribution < -0.4 is 10.6 Å². The smallest absolute Gasteiger partial charge is 0.243 e. The predicted molar refractivity (Wildman–Crippen MR) is 191 cm³/mol. The van der Waals surface area contributed by atoms with Crippen molar-refractivity contribution in [1.29, 1.82) is 0 Å². The van der Waals surface area contributed by atoms with Gasteiger partial charge in [0.05, 0.1) is 29.9 Å². The van der Waals surface area contributed by atoms with Gasteiger partial charge in [0.15, 0.2) is 0 Å². The molecule has 0 aliphatic heterocycles. The zero-order valence-electron chi connectivity index (χ0n) is 29.1. The van der Waals surface area contributed by atoms with E-state index in [4.69, 9.17) is 12.8 Å². The summed E-state index contributed by atoms with van der Waals surface area (Å²) in [4.78, 5) is 29.7. The Labute approximate surface area is 289 Å². The number of sulfonamides is 1. The first-order valence-electron chi connectivity index (χ1n) is 17.5. The molecule has 0 spiro atoms. The van der Waals surface area contributed by atoms with E-state index < -0.39 is 57.8 Å². The topological polar surface area (TPSA) is 139 Å². The number of likely N-dealkylation sites (N-methyl/N-ethyl adjacent to an activating group) is 2. The highest BCUT2D eigenvalue weighted by Gasteiger charge is 2.35. The van der Waals surface area contributed by atoms with Crippen LogP contribution in [-0.2, 0) is 26.0 Å². The number of nitrogens with zero attached hydrogens (tertiary/aromatic N) is 2. The third-order valence-electron chi connectivity index (χ3n) is 9.43. The van der Waals surface area contributed by atoms with Crippen LogP contribution in [0.2, 0.25) is 0 Å². The van der Waals surface area contributed by atoms with Crippen molar-refractivity contribution in [3.05, 3.63) is 35.9 Å². The summed E-state index contributed by atoms with van der Waals surface area (Å²) in [5.74, 6) is 2.62. The summed E-state index contributed by atoms with van der Waals surface area (Å²) < 4.78 is 28.3. The zero-order valence-corrected chi connectivity index (χ0v) is 30.0. The molecule has 0 unspecified atom stereocenters. The minimum Gasteiger partial charge on any atom is -0.390 e. The first-order chi connectivity index (χ1) is 22.9. The van der Waals surface area contributed by atoms with Crippen LogP contribution >= 0.6 is 0 Å². The van der Waals surface area contributed by atoms with E-state index in [2.05, 4.69) is 27.4 Å². The van der Waals surface area contributed by atoms with E-state index in [9.17, 15) is 28.2 Å². The largest absolute Gasteiger partial charge is 0.390 e. The summed E-state index contributed by atoms with van der Waals surface area (Å²) in [5.41, 5.74) is 0.783. The van der Waals surface area contributed by atoms with Crippen molar-refractivity contribution in [1.82, 2.24) is 19.8 Å². The third kappa shape index (κ3) is 14.3. The number of carbonyl (C=O) groups excluding carboxylic acids is 2. The maximum Gasteiger partial charge on any atom is 0.243 e. The van der Waals surface area contributed by atoms with Crippen LogP contribution in [0.5, 0.6) is 0 Å². The zero-order chi connectivity index (χ0) is 35.5. The van der Waals surface area contributed by atoms with Crippen LogP contribution in [0, 0.1) is 36.5 Å². The number of benzene rings is 1. The molecule has 48 heavy (non-hydrogen) atoms. The standard InChI is InChI=1S/C37H58N4O6S/c1-6-10-13-23-34(42)35(43)33(27-30-21-16-12-17-22-30)39-37(45)32(18-7-2)38-36(44)31(26-29-19-14-11-15-20-29)28-48(46,47)40(5)24-25-41(8-3)9-4/h1-2,11,14-15,19-20,30-35,42-43H,8-10,12-13,16-18,21-28H2,3-5H3,(H,38,44)(H,39,45)/t31-,32+,33+,34+,35-/m1/s1. The lowest BCUT2D eigenvalue weighted by Gasteiger charge is -2.33. The summed E-state index contributed by atoms with van der Waals surface area (Å²) in [6.45, 7) is 6.48. The average Bonchev–Trinajstić information content (AvgIpc) is 3.08. The van der Waals surface area contributed by atoms with Crippen molar-refractivity contribution in [2.24, 2.45) is 11.8 Å². The minimum absolute atomic E-state index is 0.136. The van der Waals surface area contributed by atoms with E-state index in [1.54, 1.807) is 0 Å². The van der Waals surface area contributed by atoms with Gasteiger partial charge in [-0.15, -0.1) is 24.7 Å². The molecule has 0 radical (unpaired) electrons. The first-order valence-corrected chi connectivity index (χ1v) is 19.1. The fourth-order valence-corrected chi connectivity index (χ4v) is 7.68. The summed E-state index contributed by atoms with van der Waals surface area (Å²) in [5, 5.41) is 27.6. The molecule has 4 N–H and O–H groups in total. The van der Waals surface area contributed by atoms with Crippen molar-refractivity contribution in [2.75, 3.05) is 39.0 Å². The Bertz CT molecular complexity index is 1280. The summed E-state index contributed by atoms with van der Waals surface area (Å²) in [6.07, 6.45) is 15.6. The second kappa shape index (κ2) is 21.9. The number of nitrogens with one attached hydrogen (secondary N) is 2. The Balaban J connectivity index is 2.26. The monoisotopic (exact) mass is 686 g/mol. The summed E-state index contributed by atoms with van der Waals surface area (Å²) in [6, 6.07) is 7.21. The lowest BCUT2D eigenvalue weighted by molar-refractivity contribution is -0.132. The van der Waals surface area contributed by atoms with Crippen LogP contribution in [0.3, 0.4) is 0 Å². The SMILES string of the molecule is C#CCCC[C@H](O)[C@H](O)[C@H](CC1CCCCC1)NC(=O)[C@H](CC#C)NC(=O)[C@H](Cc1ccccc1)CS(=O)(=O)N(C)CCN(CC)CC. The molecule has 1 aliphatic carbocycles. The van der Waals surface area contributed by atoms with Crippen LogP contribution in [0.15, 0.2) is 30.3 Å². The lowest BCUT2D eigenvalue weighted by Crippen LogP contribution is -2.56. The highest BCUT2D eigenvalue weighted by molar-refractivity contribution is 7.89. The van der Waals surface area contributed by atoms with Crippen molar-refractivity contribution in [2.45, 2.75) is 109 Å². The van der Waals surface area contributed by atoms with Gasteiger partial charge in [-0.3, -0.25) is 9.59 Å². The number of amides is 2. The van der Waals surface area contributed by atoms with Crippen LogP contribution in [0.4, 0.5) is 0 Å². The molecule has 1 aromatic rings. The van der Waals surface area contributed by atoms with Crippen molar-refractivity contribution >= 4 is 21.8 Å². The number of unbranched alkanes of at least 4 members (excludes halogenated alkanes) is 1. The van der Waals surface area contributed by atoms with Crippen molar-refractivity contribution < 1.29 is 28.2 Å². The number of aliphatic hydroxyl groups excluding tert-OH is 2. The quantitative estimate of drug-likeness (QED) is 0.109. The number of rotatable bonds is 22. The van der Waals surface area contributed by atoms with Gasteiger partial charge in [-0.2, -0.15) is 0 Å². The molecule has 0 saturated heterocycles. The number of carbonyl (C=O) groups is 2. The number of aliphatic hydroxyl groups is 2. The van der Waals surface area contributed by atoms with Crippen LogP contribution in [0.1, 0.15) is 83.6 Å². The van der Waals surface area contributed by atoms with Gasteiger partial charge < -0.3 is 25.7 Å². The van der Waals surface area contributed by atoms with Gasteiger partial charge in [0.2, 0.25) is 21.8 Å². The lowest BCUT2D eigenvalue weighted by atomic mass is 9.82. The highest BCUT2D eigenvalue weighted by Crippen LogP contribution is 2.29. The van der Waals surface area contributed by atoms with Gasteiger partial charge in [0.1, 0.15) is 6.04 Å². The van der Waals surface area contributed by atoms with E-state index in [-0.39, 0.29) is 31.7 Å². The second-order valence-electron chi connectivity index (χ2n) is 13.0. The molecular weight excluding hydrogens is 628 g/mol. The normalized spacial score (nSPS) is 17.1. The van der Waals surface area contributed by atoms with Gasteiger partial charge in [-0.25, -0.2) is 12.7 Å². The molecule has 1 fully saturated rings. The highest BCUT2D eigenvalue weighted by atomic mass is 32.2.